The van der Waals surface area contributed by atoms with E-state index in [9.17, 15) is 20.1 Å². The topological polar surface area (TPSA) is 126 Å². The van der Waals surface area contributed by atoms with E-state index in [1.165, 1.54) is 12.1 Å². The number of phenols is 1. The zero-order valence-electron chi connectivity index (χ0n) is 14.1. The molecule has 0 spiro atoms. The highest BCUT2D eigenvalue weighted by atomic mass is 16.5. The Hall–Kier alpha value is -3.23. The molecule has 138 valence electrons. The second kappa shape index (κ2) is 6.49. The third kappa shape index (κ3) is 3.05. The molecule has 1 aliphatic heterocycles. The van der Waals surface area contributed by atoms with Gasteiger partial charge in [-0.15, -0.1) is 0 Å². The van der Waals surface area contributed by atoms with Crippen LogP contribution in [-0.4, -0.2) is 50.1 Å². The monoisotopic (exact) mass is 368 g/mol. The fourth-order valence-corrected chi connectivity index (χ4v) is 2.92. The van der Waals surface area contributed by atoms with Crippen molar-refractivity contribution >= 4 is 5.78 Å². The first-order valence-electron chi connectivity index (χ1n) is 8.25. The first-order chi connectivity index (χ1) is 13.0. The summed E-state index contributed by atoms with van der Waals surface area (Å²) >= 11 is 0. The number of carbonyl (C=O) groups is 1. The zero-order valence-corrected chi connectivity index (χ0v) is 14.1. The van der Waals surface area contributed by atoms with Crippen LogP contribution < -0.4 is 4.74 Å². The van der Waals surface area contributed by atoms with Crippen LogP contribution in [-0.2, 0) is 0 Å². The largest absolute Gasteiger partial charge is 0.508 e. The van der Waals surface area contributed by atoms with Gasteiger partial charge in [-0.1, -0.05) is 5.16 Å². The van der Waals surface area contributed by atoms with E-state index in [-0.39, 0.29) is 29.6 Å². The lowest BCUT2D eigenvalue weighted by atomic mass is 9.90. The number of aliphatic hydroxyl groups excluding tert-OH is 2. The van der Waals surface area contributed by atoms with Crippen LogP contribution in [0.4, 0.5) is 0 Å². The first-order valence-corrected chi connectivity index (χ1v) is 8.25. The van der Waals surface area contributed by atoms with Gasteiger partial charge in [-0.3, -0.25) is 4.79 Å². The van der Waals surface area contributed by atoms with Crippen LogP contribution in [0.1, 0.15) is 16.8 Å². The minimum atomic E-state index is -1.30. The van der Waals surface area contributed by atoms with Gasteiger partial charge in [-0.05, 0) is 42.5 Å². The second-order valence-corrected chi connectivity index (χ2v) is 6.38. The summed E-state index contributed by atoms with van der Waals surface area (Å²) in [5, 5.41) is 32.2. The van der Waals surface area contributed by atoms with Gasteiger partial charge in [-0.25, -0.2) is 0 Å². The van der Waals surface area contributed by atoms with Gasteiger partial charge in [0.05, 0.1) is 25.2 Å². The maximum absolute atomic E-state index is 12.5. The number of hydrogen-bond donors (Lipinski definition) is 3. The molecule has 1 aromatic heterocycles. The van der Waals surface area contributed by atoms with Crippen LogP contribution in [0.15, 0.2) is 47.0 Å². The standard InChI is InChI=1S/C19H16N2O6/c22-9-19(10-23)8-15(25)14-7-12(3-6-16(14)26-19)18-20-17(21-27-18)11-1-4-13(24)5-2-11/h1-7,22-24H,8-10H2. The Morgan fingerprint density at radius 3 is 2.44 bits per heavy atom. The summed E-state index contributed by atoms with van der Waals surface area (Å²) in [6.45, 7) is -0.924. The van der Waals surface area contributed by atoms with Crippen molar-refractivity contribution in [1.82, 2.24) is 10.1 Å². The molecule has 0 saturated carbocycles. The Kier molecular flexibility index (Phi) is 4.14. The van der Waals surface area contributed by atoms with Gasteiger partial charge in [-0.2, -0.15) is 4.98 Å². The Bertz CT molecular complexity index is 992. The van der Waals surface area contributed by atoms with Gasteiger partial charge in [0, 0.05) is 11.1 Å². The summed E-state index contributed by atoms with van der Waals surface area (Å²) in [6, 6.07) is 11.2. The summed E-state index contributed by atoms with van der Waals surface area (Å²) in [7, 11) is 0. The van der Waals surface area contributed by atoms with Crippen molar-refractivity contribution in [3.8, 4) is 34.3 Å². The molecule has 4 rings (SSSR count). The maximum Gasteiger partial charge on any atom is 0.258 e. The number of carbonyl (C=O) groups excluding carboxylic acids is 1. The summed E-state index contributed by atoms with van der Waals surface area (Å²) in [6.07, 6.45) is -0.126. The number of benzene rings is 2. The third-order valence-corrected chi connectivity index (χ3v) is 4.46. The SMILES string of the molecule is O=C1CC(CO)(CO)Oc2ccc(-c3nc(-c4ccc(O)cc4)no3)cc21. The number of nitrogens with zero attached hydrogens (tertiary/aromatic N) is 2. The van der Waals surface area contributed by atoms with Gasteiger partial charge >= 0.3 is 0 Å². The average Bonchev–Trinajstić information content (AvgIpc) is 3.18. The molecule has 0 atom stereocenters. The predicted molar refractivity (Wildman–Crippen MR) is 93.3 cm³/mol. The fraction of sp³-hybridized carbons (Fsp3) is 0.211. The number of ether oxygens (including phenoxy) is 1. The lowest BCUT2D eigenvalue weighted by Crippen LogP contribution is -2.48. The van der Waals surface area contributed by atoms with Crippen LogP contribution in [0.2, 0.25) is 0 Å². The van der Waals surface area contributed by atoms with Crippen LogP contribution in [0.5, 0.6) is 11.5 Å². The van der Waals surface area contributed by atoms with Crippen molar-refractivity contribution in [2.75, 3.05) is 13.2 Å². The minimum absolute atomic E-state index is 0.126. The maximum atomic E-state index is 12.5. The van der Waals surface area contributed by atoms with E-state index in [0.29, 0.717) is 22.5 Å². The molecule has 3 N–H and O–H groups in total. The molecular formula is C19H16N2O6. The normalized spacial score (nSPS) is 15.3. The number of fused-ring (bicyclic) bond motifs is 1. The quantitative estimate of drug-likeness (QED) is 0.636. The first kappa shape index (κ1) is 17.2. The van der Waals surface area contributed by atoms with E-state index in [1.54, 1.807) is 30.3 Å². The molecule has 0 radical (unpaired) electrons. The fourth-order valence-electron chi connectivity index (χ4n) is 2.92. The molecule has 0 unspecified atom stereocenters. The molecule has 2 aromatic carbocycles. The van der Waals surface area contributed by atoms with Gasteiger partial charge in [0.25, 0.3) is 5.89 Å². The van der Waals surface area contributed by atoms with E-state index in [0.717, 1.165) is 0 Å². The van der Waals surface area contributed by atoms with Gasteiger partial charge in [0.15, 0.2) is 11.4 Å². The van der Waals surface area contributed by atoms with Crippen LogP contribution in [0, 0.1) is 0 Å². The second-order valence-electron chi connectivity index (χ2n) is 6.38. The molecule has 0 fully saturated rings. The van der Waals surface area contributed by atoms with Gasteiger partial charge in [0.2, 0.25) is 5.82 Å². The van der Waals surface area contributed by atoms with E-state index in [2.05, 4.69) is 10.1 Å². The van der Waals surface area contributed by atoms with Crippen molar-refractivity contribution in [2.45, 2.75) is 12.0 Å². The van der Waals surface area contributed by atoms with Crippen LogP contribution in [0.25, 0.3) is 22.8 Å². The number of aromatic nitrogens is 2. The number of phenolic OH excluding ortho intramolecular Hbond substituents is 1. The molecule has 0 aliphatic carbocycles. The van der Waals surface area contributed by atoms with Gasteiger partial charge < -0.3 is 24.6 Å². The highest BCUT2D eigenvalue weighted by Gasteiger charge is 2.40. The number of aliphatic hydroxyl groups is 2. The number of hydrogen-bond acceptors (Lipinski definition) is 8. The van der Waals surface area contributed by atoms with Crippen molar-refractivity contribution in [3.05, 3.63) is 48.0 Å². The molecule has 0 bridgehead atoms. The molecule has 0 amide bonds. The van der Waals surface area contributed by atoms with E-state index in [4.69, 9.17) is 9.26 Å². The van der Waals surface area contributed by atoms with Crippen LogP contribution in [0.3, 0.4) is 0 Å². The Labute approximate surface area is 153 Å². The summed E-state index contributed by atoms with van der Waals surface area (Å²) in [4.78, 5) is 16.8. The molecule has 2 heterocycles. The molecule has 1 aliphatic rings. The minimum Gasteiger partial charge on any atom is -0.508 e. The highest BCUT2D eigenvalue weighted by Crippen LogP contribution is 2.36. The number of rotatable bonds is 4. The van der Waals surface area contributed by atoms with Crippen LogP contribution >= 0.6 is 0 Å². The number of aromatic hydroxyl groups is 1. The predicted octanol–water partition coefficient (Wildman–Crippen LogP) is 1.80. The molecule has 0 saturated heterocycles. The lowest BCUT2D eigenvalue weighted by molar-refractivity contribution is -0.0403. The Morgan fingerprint density at radius 2 is 1.74 bits per heavy atom. The van der Waals surface area contributed by atoms with Gasteiger partial charge in [0.1, 0.15) is 11.5 Å². The lowest BCUT2D eigenvalue weighted by Gasteiger charge is -2.34. The van der Waals surface area contributed by atoms with E-state index < -0.39 is 18.8 Å². The van der Waals surface area contributed by atoms with Crippen molar-refractivity contribution < 1.29 is 29.4 Å². The molecular weight excluding hydrogens is 352 g/mol. The number of ketones is 1. The smallest absolute Gasteiger partial charge is 0.258 e. The Morgan fingerprint density at radius 1 is 1.04 bits per heavy atom. The van der Waals surface area contributed by atoms with Crippen molar-refractivity contribution in [3.63, 3.8) is 0 Å². The van der Waals surface area contributed by atoms with E-state index >= 15 is 0 Å². The van der Waals surface area contributed by atoms with E-state index in [1.807, 2.05) is 0 Å². The molecule has 27 heavy (non-hydrogen) atoms. The zero-order chi connectivity index (χ0) is 19.0. The number of Topliss-reactive ketones (excluding diaryl/α,β-unsaturated/α-hetero) is 1. The average molecular weight is 368 g/mol. The van der Waals surface area contributed by atoms with Crippen molar-refractivity contribution in [1.29, 1.82) is 0 Å². The Balaban J connectivity index is 1.66. The van der Waals surface area contributed by atoms with Crippen molar-refractivity contribution in [2.24, 2.45) is 0 Å². The summed E-state index contributed by atoms with van der Waals surface area (Å²) in [5.74, 6) is 0.757. The molecule has 3 aromatic rings. The third-order valence-electron chi connectivity index (χ3n) is 4.46. The summed E-state index contributed by atoms with van der Waals surface area (Å²) < 4.78 is 10.9. The summed E-state index contributed by atoms with van der Waals surface area (Å²) in [5.41, 5.74) is 0.247. The molecule has 8 heteroatoms. The molecule has 8 nitrogen and oxygen atoms in total. The highest BCUT2D eigenvalue weighted by molar-refractivity contribution is 6.01.